The highest BCUT2D eigenvalue weighted by Gasteiger charge is 2.55. The van der Waals surface area contributed by atoms with E-state index in [9.17, 15) is 4.79 Å². The van der Waals surface area contributed by atoms with Crippen molar-refractivity contribution in [3.63, 3.8) is 0 Å². The lowest BCUT2D eigenvalue weighted by molar-refractivity contribution is -0.0357. The van der Waals surface area contributed by atoms with Gasteiger partial charge in [0, 0.05) is 12.5 Å². The van der Waals surface area contributed by atoms with Crippen LogP contribution in [0.3, 0.4) is 0 Å². The second kappa shape index (κ2) is 3.43. The van der Waals surface area contributed by atoms with Gasteiger partial charge in [-0.1, -0.05) is 5.21 Å². The van der Waals surface area contributed by atoms with E-state index in [1.807, 2.05) is 7.05 Å². The number of Topliss-reactive ketones (excluding diaryl/α,β-unsaturated/α-hetero) is 1. The Bertz CT molecular complexity index is 470. The zero-order valence-corrected chi connectivity index (χ0v) is 10.8. The summed E-state index contributed by atoms with van der Waals surface area (Å²) < 4.78 is 1.64. The lowest BCUT2D eigenvalue weighted by Crippen LogP contribution is -2.50. The van der Waals surface area contributed by atoms with Gasteiger partial charge in [0.1, 0.15) is 5.69 Å². The number of hydrogen-bond acceptors (Lipinski definition) is 3. The maximum Gasteiger partial charge on any atom is 0.188 e. The Hall–Kier alpha value is -1.19. The number of ketones is 1. The summed E-state index contributed by atoms with van der Waals surface area (Å²) >= 11 is 0. The van der Waals surface area contributed by atoms with Gasteiger partial charge in [-0.15, -0.1) is 5.10 Å². The highest BCUT2D eigenvalue weighted by molar-refractivity contribution is 5.99. The van der Waals surface area contributed by atoms with Gasteiger partial charge in [-0.2, -0.15) is 0 Å². The van der Waals surface area contributed by atoms with Crippen LogP contribution >= 0.6 is 0 Å². The molecule has 0 N–H and O–H groups in total. The van der Waals surface area contributed by atoms with Gasteiger partial charge < -0.3 is 0 Å². The van der Waals surface area contributed by atoms with Crippen molar-refractivity contribution in [2.24, 2.45) is 30.2 Å². The molecule has 1 aromatic rings. The summed E-state index contributed by atoms with van der Waals surface area (Å²) in [5, 5.41) is 7.77. The minimum absolute atomic E-state index is 0.0653. The van der Waals surface area contributed by atoms with Gasteiger partial charge >= 0.3 is 0 Å². The molecule has 4 bridgehead atoms. The number of aromatic nitrogens is 3. The van der Waals surface area contributed by atoms with Gasteiger partial charge in [-0.3, -0.25) is 4.79 Å². The van der Waals surface area contributed by atoms with Crippen LogP contribution in [0.2, 0.25) is 0 Å². The van der Waals surface area contributed by atoms with Crippen molar-refractivity contribution in [2.75, 3.05) is 0 Å². The van der Waals surface area contributed by atoms with E-state index in [0.717, 1.165) is 37.0 Å². The number of carbonyl (C=O) groups is 1. The molecule has 4 saturated carbocycles. The topological polar surface area (TPSA) is 47.8 Å². The number of nitrogens with zero attached hydrogens (tertiary/aromatic N) is 3. The third kappa shape index (κ3) is 1.35. The first kappa shape index (κ1) is 10.7. The molecule has 4 aliphatic rings. The van der Waals surface area contributed by atoms with Crippen molar-refractivity contribution in [3.8, 4) is 0 Å². The van der Waals surface area contributed by atoms with Crippen LogP contribution in [0.15, 0.2) is 6.20 Å². The monoisotopic (exact) mass is 245 g/mol. The molecule has 0 unspecified atom stereocenters. The molecule has 0 saturated heterocycles. The molecule has 4 fully saturated rings. The van der Waals surface area contributed by atoms with E-state index in [1.165, 1.54) is 19.3 Å². The largest absolute Gasteiger partial charge is 0.292 e. The lowest BCUT2D eigenvalue weighted by atomic mass is 9.48. The maximum absolute atomic E-state index is 12.9. The molecular weight excluding hydrogens is 226 g/mol. The van der Waals surface area contributed by atoms with Crippen LogP contribution in [0.25, 0.3) is 0 Å². The summed E-state index contributed by atoms with van der Waals surface area (Å²) in [5.41, 5.74) is 0.640. The molecule has 1 aromatic heterocycles. The van der Waals surface area contributed by atoms with Crippen LogP contribution in [0.5, 0.6) is 0 Å². The first-order valence-electron chi connectivity index (χ1n) is 7.06. The summed E-state index contributed by atoms with van der Waals surface area (Å²) in [6.45, 7) is 0. The fourth-order valence-electron chi connectivity index (χ4n) is 5.16. The van der Waals surface area contributed by atoms with Crippen LogP contribution in [-0.2, 0) is 7.05 Å². The molecule has 4 nitrogen and oxygen atoms in total. The van der Waals surface area contributed by atoms with Crippen LogP contribution in [0.1, 0.15) is 49.0 Å². The smallest absolute Gasteiger partial charge is 0.188 e. The van der Waals surface area contributed by atoms with E-state index in [0.29, 0.717) is 11.5 Å². The summed E-state index contributed by atoms with van der Waals surface area (Å²) in [6.07, 6.45) is 9.10. The Morgan fingerprint density at radius 2 is 1.78 bits per heavy atom. The SMILES string of the molecule is Cn1nncc1C(=O)C12CC3CC(CC(C3)C1)C2. The van der Waals surface area contributed by atoms with Gasteiger partial charge in [0.15, 0.2) is 5.78 Å². The summed E-state index contributed by atoms with van der Waals surface area (Å²) in [7, 11) is 1.82. The first-order valence-corrected chi connectivity index (χ1v) is 7.06. The Morgan fingerprint density at radius 1 is 1.22 bits per heavy atom. The van der Waals surface area contributed by atoms with E-state index >= 15 is 0 Å². The molecule has 4 aliphatic carbocycles. The van der Waals surface area contributed by atoms with E-state index in [4.69, 9.17) is 0 Å². The Labute approximate surface area is 107 Å². The van der Waals surface area contributed by atoms with Crippen LogP contribution in [0.4, 0.5) is 0 Å². The van der Waals surface area contributed by atoms with Gasteiger partial charge in [0.05, 0.1) is 6.20 Å². The normalized spacial score (nSPS) is 41.3. The molecule has 1 heterocycles. The molecule has 0 radical (unpaired) electrons. The van der Waals surface area contributed by atoms with Crippen LogP contribution in [-0.4, -0.2) is 20.8 Å². The Balaban J connectivity index is 1.72. The third-order valence-electron chi connectivity index (χ3n) is 5.47. The average molecular weight is 245 g/mol. The Morgan fingerprint density at radius 3 is 2.22 bits per heavy atom. The summed E-state index contributed by atoms with van der Waals surface area (Å²) in [4.78, 5) is 12.9. The van der Waals surface area contributed by atoms with Crippen molar-refractivity contribution in [1.82, 2.24) is 15.0 Å². The van der Waals surface area contributed by atoms with Crippen molar-refractivity contribution in [3.05, 3.63) is 11.9 Å². The van der Waals surface area contributed by atoms with E-state index < -0.39 is 0 Å². The lowest BCUT2D eigenvalue weighted by Gasteiger charge is -2.55. The molecule has 0 spiro atoms. The second-order valence-corrected chi connectivity index (χ2v) is 6.77. The number of hydrogen-bond donors (Lipinski definition) is 0. The van der Waals surface area contributed by atoms with Crippen molar-refractivity contribution < 1.29 is 4.79 Å². The summed E-state index contributed by atoms with van der Waals surface area (Å²) in [6, 6.07) is 0. The zero-order valence-electron chi connectivity index (χ0n) is 10.8. The second-order valence-electron chi connectivity index (χ2n) is 6.77. The van der Waals surface area contributed by atoms with Gasteiger partial charge in [0.2, 0.25) is 0 Å². The number of rotatable bonds is 2. The molecule has 5 rings (SSSR count). The van der Waals surface area contributed by atoms with E-state index in [2.05, 4.69) is 10.3 Å². The molecule has 0 aromatic carbocycles. The number of aryl methyl sites for hydroxylation is 1. The first-order chi connectivity index (χ1) is 8.66. The third-order valence-corrected chi connectivity index (χ3v) is 5.47. The van der Waals surface area contributed by atoms with E-state index in [1.54, 1.807) is 10.9 Å². The average Bonchev–Trinajstić information content (AvgIpc) is 2.72. The fourth-order valence-corrected chi connectivity index (χ4v) is 5.16. The predicted octanol–water partition coefficient (Wildman–Crippen LogP) is 2.21. The molecule has 0 aliphatic heterocycles. The Kier molecular flexibility index (Phi) is 2.04. The minimum Gasteiger partial charge on any atom is -0.292 e. The molecule has 0 atom stereocenters. The molecular formula is C14H19N3O. The number of carbonyl (C=O) groups excluding carboxylic acids is 1. The fraction of sp³-hybridized carbons (Fsp3) is 0.786. The molecule has 0 amide bonds. The molecule has 96 valence electrons. The van der Waals surface area contributed by atoms with E-state index in [-0.39, 0.29) is 5.41 Å². The quantitative estimate of drug-likeness (QED) is 0.751. The van der Waals surface area contributed by atoms with Crippen LogP contribution < -0.4 is 0 Å². The standard InChI is InChI=1S/C14H19N3O/c1-17-12(8-15-16-17)13(18)14-5-9-2-10(6-14)4-11(3-9)7-14/h8-11H,2-7H2,1H3. The summed E-state index contributed by atoms with van der Waals surface area (Å²) in [5.74, 6) is 2.73. The van der Waals surface area contributed by atoms with Gasteiger partial charge in [-0.25, -0.2) is 4.68 Å². The maximum atomic E-state index is 12.9. The van der Waals surface area contributed by atoms with Crippen molar-refractivity contribution in [2.45, 2.75) is 38.5 Å². The van der Waals surface area contributed by atoms with Gasteiger partial charge in [-0.05, 0) is 56.3 Å². The van der Waals surface area contributed by atoms with Gasteiger partial charge in [0.25, 0.3) is 0 Å². The highest BCUT2D eigenvalue weighted by atomic mass is 16.1. The molecule has 4 heteroatoms. The van der Waals surface area contributed by atoms with Crippen molar-refractivity contribution in [1.29, 1.82) is 0 Å². The molecule has 18 heavy (non-hydrogen) atoms. The van der Waals surface area contributed by atoms with Crippen LogP contribution in [0, 0.1) is 23.2 Å². The predicted molar refractivity (Wildman–Crippen MR) is 65.9 cm³/mol. The van der Waals surface area contributed by atoms with Crippen molar-refractivity contribution >= 4 is 5.78 Å². The minimum atomic E-state index is -0.0653. The zero-order chi connectivity index (χ0) is 12.3. The highest BCUT2D eigenvalue weighted by Crippen LogP contribution is 2.60.